The first-order valence-corrected chi connectivity index (χ1v) is 9.92. The predicted octanol–water partition coefficient (Wildman–Crippen LogP) is 4.70. The first kappa shape index (κ1) is 23.1. The van der Waals surface area contributed by atoms with E-state index in [2.05, 4.69) is 12.2 Å². The van der Waals surface area contributed by atoms with Crippen molar-refractivity contribution in [2.75, 3.05) is 33.3 Å². The Morgan fingerprint density at radius 1 is 0.833 bits per heavy atom. The fourth-order valence-electron chi connectivity index (χ4n) is 2.88. The van der Waals surface area contributed by atoms with Crippen molar-refractivity contribution in [3.8, 4) is 17.2 Å². The number of anilines is 1. The van der Waals surface area contributed by atoms with Crippen LogP contribution in [-0.2, 0) is 4.74 Å². The van der Waals surface area contributed by atoms with Gasteiger partial charge in [0, 0.05) is 11.3 Å². The second kappa shape index (κ2) is 11.7. The predicted molar refractivity (Wildman–Crippen MR) is 115 cm³/mol. The third-order valence-electron chi connectivity index (χ3n) is 4.54. The molecule has 0 heterocycles. The van der Waals surface area contributed by atoms with Crippen LogP contribution in [0.2, 0.25) is 0 Å². The molecule has 0 radical (unpaired) electrons. The van der Waals surface area contributed by atoms with Gasteiger partial charge in [0.05, 0.1) is 33.5 Å². The molecule has 162 valence electrons. The lowest BCUT2D eigenvalue weighted by Crippen LogP contribution is -2.13. The largest absolute Gasteiger partial charge is 0.493 e. The molecule has 0 fully saturated rings. The van der Waals surface area contributed by atoms with E-state index in [4.69, 9.17) is 18.9 Å². The quantitative estimate of drug-likeness (QED) is 0.423. The second-order valence-corrected chi connectivity index (χ2v) is 6.64. The summed E-state index contributed by atoms with van der Waals surface area (Å²) in [7, 11) is 4.47. The third kappa shape index (κ3) is 6.14. The van der Waals surface area contributed by atoms with Gasteiger partial charge in [-0.3, -0.25) is 4.79 Å². The van der Waals surface area contributed by atoms with E-state index in [-0.39, 0.29) is 11.9 Å². The van der Waals surface area contributed by atoms with Gasteiger partial charge in [0.25, 0.3) is 5.91 Å². The number of carbonyl (C=O) groups is 2. The number of rotatable bonds is 11. The molecule has 0 saturated carbocycles. The van der Waals surface area contributed by atoms with Crippen LogP contribution in [0.15, 0.2) is 36.4 Å². The molecule has 0 aliphatic carbocycles. The van der Waals surface area contributed by atoms with Crippen LogP contribution in [0.3, 0.4) is 0 Å². The van der Waals surface area contributed by atoms with Gasteiger partial charge in [0.1, 0.15) is 0 Å². The molecule has 2 aromatic rings. The summed E-state index contributed by atoms with van der Waals surface area (Å²) in [5.74, 6) is 0.474. The number of benzene rings is 2. The monoisotopic (exact) mass is 415 g/mol. The van der Waals surface area contributed by atoms with E-state index in [0.717, 1.165) is 25.7 Å². The number of carbonyl (C=O) groups excluding carboxylic acids is 2. The number of nitrogens with one attached hydrogen (secondary N) is 1. The van der Waals surface area contributed by atoms with Gasteiger partial charge in [-0.15, -0.1) is 0 Å². The normalized spacial score (nSPS) is 10.3. The highest BCUT2D eigenvalue weighted by atomic mass is 16.5. The molecule has 7 heteroatoms. The van der Waals surface area contributed by atoms with E-state index in [0.29, 0.717) is 40.7 Å². The molecule has 1 amide bonds. The molecular formula is C23H29NO6. The Balaban J connectivity index is 2.01. The van der Waals surface area contributed by atoms with Crippen molar-refractivity contribution >= 4 is 17.6 Å². The number of hydrogen-bond donors (Lipinski definition) is 1. The Morgan fingerprint density at radius 3 is 2.00 bits per heavy atom. The molecule has 30 heavy (non-hydrogen) atoms. The molecule has 0 aliphatic heterocycles. The molecular weight excluding hydrogens is 386 g/mol. The van der Waals surface area contributed by atoms with Crippen molar-refractivity contribution in [2.24, 2.45) is 0 Å². The molecule has 0 unspecified atom stereocenters. The van der Waals surface area contributed by atoms with Gasteiger partial charge in [-0.25, -0.2) is 4.79 Å². The number of ether oxygens (including phenoxy) is 4. The average molecular weight is 415 g/mol. The van der Waals surface area contributed by atoms with E-state index >= 15 is 0 Å². The fourth-order valence-corrected chi connectivity index (χ4v) is 2.88. The van der Waals surface area contributed by atoms with Crippen molar-refractivity contribution in [3.05, 3.63) is 47.5 Å². The first-order chi connectivity index (χ1) is 14.5. The fraction of sp³-hybridized carbons (Fsp3) is 0.391. The minimum absolute atomic E-state index is 0.347. The minimum Gasteiger partial charge on any atom is -0.493 e. The Kier molecular flexibility index (Phi) is 9.00. The summed E-state index contributed by atoms with van der Waals surface area (Å²) in [6.45, 7) is 2.55. The van der Waals surface area contributed by atoms with Crippen LogP contribution in [-0.4, -0.2) is 39.8 Å². The average Bonchev–Trinajstić information content (AvgIpc) is 2.78. The maximum atomic E-state index is 12.6. The van der Waals surface area contributed by atoms with E-state index in [9.17, 15) is 9.59 Å². The molecule has 0 bridgehead atoms. The van der Waals surface area contributed by atoms with Gasteiger partial charge in [-0.2, -0.15) is 0 Å². The summed E-state index contributed by atoms with van der Waals surface area (Å²) in [6, 6.07) is 9.70. The topological polar surface area (TPSA) is 83.1 Å². The molecule has 7 nitrogen and oxygen atoms in total. The van der Waals surface area contributed by atoms with Gasteiger partial charge in [0.2, 0.25) is 5.75 Å². The van der Waals surface area contributed by atoms with Crippen molar-refractivity contribution < 1.29 is 28.5 Å². The zero-order valence-corrected chi connectivity index (χ0v) is 17.9. The Labute approximate surface area is 177 Å². The number of methoxy groups -OCH3 is 3. The third-order valence-corrected chi connectivity index (χ3v) is 4.54. The Bertz CT molecular complexity index is 822. The van der Waals surface area contributed by atoms with Crippen molar-refractivity contribution in [1.82, 2.24) is 0 Å². The molecule has 0 aliphatic rings. The molecule has 0 saturated heterocycles. The van der Waals surface area contributed by atoms with Gasteiger partial charge in [0.15, 0.2) is 11.5 Å². The molecule has 0 atom stereocenters. The lowest BCUT2D eigenvalue weighted by Gasteiger charge is -2.14. The number of amides is 1. The van der Waals surface area contributed by atoms with Crippen LogP contribution in [0.1, 0.15) is 53.3 Å². The van der Waals surface area contributed by atoms with E-state index < -0.39 is 0 Å². The minimum atomic E-state index is -0.367. The molecule has 2 aromatic carbocycles. The number of hydrogen-bond acceptors (Lipinski definition) is 6. The standard InChI is InChI=1S/C23H29NO6/c1-5-6-7-8-13-30-23(26)16-9-11-18(12-10-16)24-22(25)17-14-19(27-2)21(29-4)20(15-17)28-3/h9-12,14-15H,5-8,13H2,1-4H3,(H,24,25). The maximum absolute atomic E-state index is 12.6. The smallest absolute Gasteiger partial charge is 0.338 e. The highest BCUT2D eigenvalue weighted by molar-refractivity contribution is 6.05. The maximum Gasteiger partial charge on any atom is 0.338 e. The Morgan fingerprint density at radius 2 is 1.47 bits per heavy atom. The zero-order valence-electron chi connectivity index (χ0n) is 17.9. The van der Waals surface area contributed by atoms with Crippen LogP contribution < -0.4 is 19.5 Å². The van der Waals surface area contributed by atoms with Crippen molar-refractivity contribution in [3.63, 3.8) is 0 Å². The molecule has 0 spiro atoms. The van der Waals surface area contributed by atoms with Crippen molar-refractivity contribution in [1.29, 1.82) is 0 Å². The van der Waals surface area contributed by atoms with Crippen LogP contribution in [0.25, 0.3) is 0 Å². The van der Waals surface area contributed by atoms with Crippen LogP contribution >= 0.6 is 0 Å². The van der Waals surface area contributed by atoms with E-state index in [1.807, 2.05) is 0 Å². The van der Waals surface area contributed by atoms with Gasteiger partial charge in [-0.1, -0.05) is 26.2 Å². The summed E-state index contributed by atoms with van der Waals surface area (Å²) in [4.78, 5) is 24.7. The number of unbranched alkanes of at least 4 members (excludes halogenated alkanes) is 3. The molecule has 2 rings (SSSR count). The highest BCUT2D eigenvalue weighted by Gasteiger charge is 2.17. The Hall–Kier alpha value is -3.22. The lowest BCUT2D eigenvalue weighted by molar-refractivity contribution is 0.0497. The number of esters is 1. The molecule has 0 aromatic heterocycles. The van der Waals surface area contributed by atoms with Gasteiger partial charge < -0.3 is 24.3 Å². The van der Waals surface area contributed by atoms with E-state index in [1.54, 1.807) is 36.4 Å². The lowest BCUT2D eigenvalue weighted by atomic mass is 10.1. The second-order valence-electron chi connectivity index (χ2n) is 6.64. The summed E-state index contributed by atoms with van der Waals surface area (Å²) in [5.41, 5.74) is 1.34. The zero-order chi connectivity index (χ0) is 21.9. The van der Waals surface area contributed by atoms with Crippen LogP contribution in [0, 0.1) is 0 Å². The summed E-state index contributed by atoms with van der Waals surface area (Å²) < 4.78 is 21.1. The highest BCUT2D eigenvalue weighted by Crippen LogP contribution is 2.38. The van der Waals surface area contributed by atoms with E-state index in [1.165, 1.54) is 21.3 Å². The first-order valence-electron chi connectivity index (χ1n) is 9.92. The van der Waals surface area contributed by atoms with Gasteiger partial charge in [-0.05, 0) is 42.8 Å². The summed E-state index contributed by atoms with van der Waals surface area (Å²) in [5, 5.41) is 2.79. The van der Waals surface area contributed by atoms with Gasteiger partial charge >= 0.3 is 5.97 Å². The van der Waals surface area contributed by atoms with Crippen LogP contribution in [0.4, 0.5) is 5.69 Å². The summed E-state index contributed by atoms with van der Waals surface area (Å²) in [6.07, 6.45) is 4.19. The molecule has 1 N–H and O–H groups in total. The summed E-state index contributed by atoms with van der Waals surface area (Å²) >= 11 is 0. The van der Waals surface area contributed by atoms with Crippen molar-refractivity contribution in [2.45, 2.75) is 32.6 Å². The van der Waals surface area contributed by atoms with Crippen LogP contribution in [0.5, 0.6) is 17.2 Å². The SMILES string of the molecule is CCCCCCOC(=O)c1ccc(NC(=O)c2cc(OC)c(OC)c(OC)c2)cc1.